The van der Waals surface area contributed by atoms with Crippen LogP contribution in [0.2, 0.25) is 0 Å². The smallest absolute Gasteiger partial charge is 0.419 e. The maximum Gasteiger partial charge on any atom is 0.419 e. The lowest BCUT2D eigenvalue weighted by atomic mass is 9.89. The topological polar surface area (TPSA) is 81.6 Å². The number of alkyl halides is 3. The number of hydrogen-bond acceptors (Lipinski definition) is 4. The summed E-state index contributed by atoms with van der Waals surface area (Å²) in [5.41, 5.74) is -2.56. The fourth-order valence-corrected chi connectivity index (χ4v) is 4.58. The summed E-state index contributed by atoms with van der Waals surface area (Å²) >= 11 is -2.04. The first-order valence-electron chi connectivity index (χ1n) is 11.3. The second-order valence-corrected chi connectivity index (χ2v) is 11.9. The summed E-state index contributed by atoms with van der Waals surface area (Å²) in [5, 5.41) is 9.35. The van der Waals surface area contributed by atoms with Gasteiger partial charge in [0.05, 0.1) is 24.1 Å². The molecule has 11 heteroatoms. The molecule has 0 bridgehead atoms. The third kappa shape index (κ3) is 6.12. The molecule has 0 amide bonds. The van der Waals surface area contributed by atoms with Crippen LogP contribution in [0.5, 0.6) is 5.75 Å². The van der Waals surface area contributed by atoms with Crippen molar-refractivity contribution < 1.29 is 41.1 Å². The molecule has 1 aliphatic rings. The zero-order chi connectivity index (χ0) is 27.2. The maximum atomic E-state index is 16.0. The molecule has 2 aromatic rings. The average Bonchev–Trinajstić information content (AvgIpc) is 3.53. The lowest BCUT2D eigenvalue weighted by Crippen LogP contribution is -2.42. The lowest BCUT2D eigenvalue weighted by molar-refractivity contribution is -0.140. The number of nitrogens with one attached hydrogen (secondary N) is 1. The minimum absolute atomic E-state index is 0.0323. The van der Waals surface area contributed by atoms with Gasteiger partial charge in [0.25, 0.3) is 0 Å². The van der Waals surface area contributed by atoms with Crippen molar-refractivity contribution in [1.82, 2.24) is 4.72 Å². The molecule has 36 heavy (non-hydrogen) atoms. The molecule has 0 heterocycles. The summed E-state index contributed by atoms with van der Waals surface area (Å²) in [6.07, 6.45) is -4.59. The first-order valence-corrected chi connectivity index (χ1v) is 12.4. The minimum Gasteiger partial charge on any atom is -0.598 e. The Kier molecular flexibility index (Phi) is 7.98. The Morgan fingerprint density at radius 2 is 1.81 bits per heavy atom. The van der Waals surface area contributed by atoms with E-state index in [4.69, 9.17) is 4.74 Å². The van der Waals surface area contributed by atoms with Gasteiger partial charge in [-0.05, 0) is 76.3 Å². The van der Waals surface area contributed by atoms with Crippen LogP contribution in [0.1, 0.15) is 68.3 Å². The first-order chi connectivity index (χ1) is 16.5. The van der Waals surface area contributed by atoms with E-state index in [1.54, 1.807) is 26.0 Å². The Hall–Kier alpha value is -2.37. The molecule has 0 saturated heterocycles. The van der Waals surface area contributed by atoms with Crippen molar-refractivity contribution in [3.8, 4) is 16.9 Å². The second-order valence-electron chi connectivity index (χ2n) is 9.86. The number of aryl methyl sites for hydroxylation is 1. The highest BCUT2D eigenvalue weighted by Gasteiger charge is 2.41. The van der Waals surface area contributed by atoms with Crippen LogP contribution >= 0.6 is 0 Å². The standard InChI is InChI=1S/C25H28F5NO4S/c1-12-6-9-18(35-14-7-8-14)13(2)20(12)15-10-16(25(28,29)30)23(27)21(22(15)26)17(11-19(32)33)31-36(34)24(3,4)5/h6,9-10,14,17,31H,7-8,11H2,1-5H3,(H,32,33). The van der Waals surface area contributed by atoms with Crippen LogP contribution in [0.4, 0.5) is 22.0 Å². The number of halogens is 5. The fraction of sp³-hybridized carbons (Fsp3) is 0.480. The SMILES string of the molecule is Cc1ccc(OC2CC2)c(C)c1-c1cc(C(F)(F)F)c(F)c(C(CC(=O)O)N[S+]([O-])C(C)(C)C)c1F. The number of benzene rings is 2. The van der Waals surface area contributed by atoms with Crippen molar-refractivity contribution in [2.24, 2.45) is 0 Å². The number of carbonyl (C=O) groups is 1. The Morgan fingerprint density at radius 3 is 2.31 bits per heavy atom. The molecule has 5 nitrogen and oxygen atoms in total. The molecule has 2 N–H and O–H groups in total. The van der Waals surface area contributed by atoms with E-state index in [1.807, 2.05) is 0 Å². The summed E-state index contributed by atoms with van der Waals surface area (Å²) in [5.74, 6) is -4.48. The molecule has 1 aliphatic carbocycles. The molecule has 0 radical (unpaired) electrons. The number of rotatable bonds is 8. The maximum absolute atomic E-state index is 16.0. The van der Waals surface area contributed by atoms with E-state index < -0.39 is 69.0 Å². The molecule has 2 aromatic carbocycles. The summed E-state index contributed by atoms with van der Waals surface area (Å²) < 4.78 is 92.9. The van der Waals surface area contributed by atoms with Crippen LogP contribution in [-0.4, -0.2) is 26.5 Å². The molecule has 0 spiro atoms. The number of carboxylic acids is 1. The largest absolute Gasteiger partial charge is 0.598 e. The molecule has 2 atom stereocenters. The van der Waals surface area contributed by atoms with Gasteiger partial charge in [-0.2, -0.15) is 13.2 Å². The van der Waals surface area contributed by atoms with Gasteiger partial charge in [-0.15, -0.1) is 4.72 Å². The van der Waals surface area contributed by atoms with Crippen LogP contribution in [-0.2, 0) is 22.3 Å². The summed E-state index contributed by atoms with van der Waals surface area (Å²) in [6.45, 7) is 7.71. The predicted octanol–water partition coefficient (Wildman–Crippen LogP) is 6.38. The van der Waals surface area contributed by atoms with Crippen molar-refractivity contribution >= 4 is 17.3 Å². The van der Waals surface area contributed by atoms with Crippen LogP contribution < -0.4 is 9.46 Å². The van der Waals surface area contributed by atoms with Gasteiger partial charge in [-0.25, -0.2) is 8.78 Å². The van der Waals surface area contributed by atoms with E-state index in [1.165, 1.54) is 20.8 Å². The highest BCUT2D eigenvalue weighted by atomic mass is 32.2. The monoisotopic (exact) mass is 533 g/mol. The fourth-order valence-electron chi connectivity index (χ4n) is 3.77. The average molecular weight is 534 g/mol. The van der Waals surface area contributed by atoms with Crippen LogP contribution in [0.3, 0.4) is 0 Å². The normalized spacial score (nSPS) is 16.1. The molecule has 3 rings (SSSR count). The van der Waals surface area contributed by atoms with Gasteiger partial charge in [0.15, 0.2) is 0 Å². The minimum atomic E-state index is -5.21. The molecular weight excluding hydrogens is 505 g/mol. The van der Waals surface area contributed by atoms with Gasteiger partial charge in [-0.1, -0.05) is 6.07 Å². The van der Waals surface area contributed by atoms with E-state index in [-0.39, 0.29) is 11.7 Å². The van der Waals surface area contributed by atoms with Gasteiger partial charge in [0, 0.05) is 22.5 Å². The third-order valence-corrected chi connectivity index (χ3v) is 7.39. The van der Waals surface area contributed by atoms with E-state index >= 15 is 8.78 Å². The molecule has 1 saturated carbocycles. The van der Waals surface area contributed by atoms with Crippen LogP contribution in [0, 0.1) is 25.5 Å². The van der Waals surface area contributed by atoms with Gasteiger partial charge >= 0.3 is 12.1 Å². The van der Waals surface area contributed by atoms with Crippen LogP contribution in [0.15, 0.2) is 18.2 Å². The van der Waals surface area contributed by atoms with Gasteiger partial charge < -0.3 is 14.4 Å². The number of ether oxygens (including phenoxy) is 1. The van der Waals surface area contributed by atoms with Crippen molar-refractivity contribution in [2.75, 3.05) is 0 Å². The highest BCUT2D eigenvalue weighted by molar-refractivity contribution is 7.90. The van der Waals surface area contributed by atoms with Gasteiger partial charge in [-0.3, -0.25) is 4.79 Å². The molecule has 1 fully saturated rings. The highest BCUT2D eigenvalue weighted by Crippen LogP contribution is 2.44. The van der Waals surface area contributed by atoms with Crippen molar-refractivity contribution in [1.29, 1.82) is 0 Å². The number of hydrogen-bond donors (Lipinski definition) is 2. The Labute approximate surface area is 209 Å². The first kappa shape index (κ1) is 28.2. The number of carboxylic acid groups (broad SMARTS) is 1. The second kappa shape index (κ2) is 10.2. The molecule has 198 valence electrons. The summed E-state index contributed by atoms with van der Waals surface area (Å²) in [6, 6.07) is 1.76. The van der Waals surface area contributed by atoms with E-state index in [9.17, 15) is 27.6 Å². The number of aliphatic carboxylic acids is 1. The van der Waals surface area contributed by atoms with Gasteiger partial charge in [0.2, 0.25) is 0 Å². The van der Waals surface area contributed by atoms with E-state index in [2.05, 4.69) is 4.72 Å². The molecule has 0 aromatic heterocycles. The van der Waals surface area contributed by atoms with Crippen LogP contribution in [0.25, 0.3) is 11.1 Å². The zero-order valence-electron chi connectivity index (χ0n) is 20.5. The van der Waals surface area contributed by atoms with E-state index in [0.29, 0.717) is 22.9 Å². The molecular formula is C25H28F5NO4S. The zero-order valence-corrected chi connectivity index (χ0v) is 21.3. The Balaban J connectivity index is 2.30. The third-order valence-electron chi connectivity index (χ3n) is 5.78. The van der Waals surface area contributed by atoms with Crippen molar-refractivity contribution in [2.45, 2.75) is 77.0 Å². The van der Waals surface area contributed by atoms with Crippen molar-refractivity contribution in [3.05, 3.63) is 52.1 Å². The Morgan fingerprint density at radius 1 is 1.19 bits per heavy atom. The lowest BCUT2D eigenvalue weighted by Gasteiger charge is -2.29. The molecule has 2 unspecified atom stereocenters. The Bertz CT molecular complexity index is 1160. The van der Waals surface area contributed by atoms with E-state index in [0.717, 1.165) is 12.8 Å². The summed E-state index contributed by atoms with van der Waals surface area (Å²) in [7, 11) is 0. The summed E-state index contributed by atoms with van der Waals surface area (Å²) in [4.78, 5) is 11.5. The molecule has 0 aliphatic heterocycles. The quantitative estimate of drug-likeness (QED) is 0.304. The predicted molar refractivity (Wildman–Crippen MR) is 126 cm³/mol. The van der Waals surface area contributed by atoms with Gasteiger partial charge in [0.1, 0.15) is 22.1 Å². The van der Waals surface area contributed by atoms with Crippen molar-refractivity contribution in [3.63, 3.8) is 0 Å².